The van der Waals surface area contributed by atoms with Gasteiger partial charge < -0.3 is 9.84 Å². The van der Waals surface area contributed by atoms with Crippen molar-refractivity contribution < 1.29 is 9.84 Å². The third-order valence-corrected chi connectivity index (χ3v) is 1.78. The molecule has 0 aromatic heterocycles. The third-order valence-electron chi connectivity index (χ3n) is 1.78. The van der Waals surface area contributed by atoms with Crippen molar-refractivity contribution in [2.45, 2.75) is 32.5 Å². The summed E-state index contributed by atoms with van der Waals surface area (Å²) in [7, 11) is 0. The first kappa shape index (κ1) is 7.03. The Morgan fingerprint density at radius 2 is 2.33 bits per heavy atom. The Morgan fingerprint density at radius 1 is 1.67 bits per heavy atom. The minimum absolute atomic E-state index is 0.616. The molecule has 2 heteroatoms. The predicted octanol–water partition coefficient (Wildman–Crippen LogP) is 1.14. The van der Waals surface area contributed by atoms with Gasteiger partial charge in [0.25, 0.3) is 0 Å². The molecule has 1 rings (SSSR count). The van der Waals surface area contributed by atoms with E-state index in [0.717, 1.165) is 12.8 Å². The van der Waals surface area contributed by atoms with Gasteiger partial charge in [-0.15, -0.1) is 0 Å². The van der Waals surface area contributed by atoms with Gasteiger partial charge in [-0.25, -0.2) is 0 Å². The summed E-state index contributed by atoms with van der Waals surface area (Å²) in [5.74, 6) is -0.225. The molecule has 1 saturated heterocycles. The van der Waals surface area contributed by atoms with Crippen LogP contribution in [0.3, 0.4) is 0 Å². The van der Waals surface area contributed by atoms with Crippen LogP contribution in [0.15, 0.2) is 0 Å². The van der Waals surface area contributed by atoms with E-state index >= 15 is 0 Å². The Hall–Kier alpha value is -0.0800. The van der Waals surface area contributed by atoms with Crippen LogP contribution in [0.5, 0.6) is 0 Å². The zero-order valence-corrected chi connectivity index (χ0v) is 6.05. The van der Waals surface area contributed by atoms with Gasteiger partial charge in [-0.05, 0) is 19.3 Å². The molecule has 1 unspecified atom stereocenters. The van der Waals surface area contributed by atoms with Crippen LogP contribution in [-0.4, -0.2) is 17.5 Å². The van der Waals surface area contributed by atoms with E-state index in [2.05, 4.69) is 6.92 Å². The fourth-order valence-corrected chi connectivity index (χ4v) is 0.992. The van der Waals surface area contributed by atoms with Crippen LogP contribution in [0.25, 0.3) is 0 Å². The van der Waals surface area contributed by atoms with Gasteiger partial charge in [-0.2, -0.15) is 0 Å². The first-order chi connectivity index (χ1) is 4.10. The summed E-state index contributed by atoms with van der Waals surface area (Å²) in [6, 6.07) is 0. The Kier molecular flexibility index (Phi) is 1.78. The molecule has 1 fully saturated rings. The summed E-state index contributed by atoms with van der Waals surface area (Å²) in [5, 5.41) is 9.27. The summed E-state index contributed by atoms with van der Waals surface area (Å²) in [5.41, 5.74) is 0. The highest BCUT2D eigenvalue weighted by Gasteiger charge is 2.26. The maximum absolute atomic E-state index is 9.27. The molecule has 54 valence electrons. The quantitative estimate of drug-likeness (QED) is 0.533. The monoisotopic (exact) mass is 130 g/mol. The molecule has 0 spiro atoms. The Balaban J connectivity index is 2.35. The smallest absolute Gasteiger partial charge is 0.162 e. The third kappa shape index (κ3) is 1.95. The van der Waals surface area contributed by atoms with Gasteiger partial charge in [0.1, 0.15) is 0 Å². The molecular formula is C7H14O2. The second-order valence-corrected chi connectivity index (χ2v) is 3.13. The molecule has 2 nitrogen and oxygen atoms in total. The van der Waals surface area contributed by atoms with Crippen LogP contribution in [-0.2, 0) is 4.74 Å². The maximum atomic E-state index is 9.27. The van der Waals surface area contributed by atoms with Crippen LogP contribution >= 0.6 is 0 Å². The molecule has 0 aromatic rings. The first-order valence-electron chi connectivity index (χ1n) is 3.46. The maximum Gasteiger partial charge on any atom is 0.162 e. The highest BCUT2D eigenvalue weighted by atomic mass is 16.6. The molecule has 0 aromatic carbocycles. The summed E-state index contributed by atoms with van der Waals surface area (Å²) in [4.78, 5) is 0. The van der Waals surface area contributed by atoms with Crippen LogP contribution in [0.1, 0.15) is 26.7 Å². The normalized spacial score (nSPS) is 45.0. The van der Waals surface area contributed by atoms with Crippen molar-refractivity contribution in [1.82, 2.24) is 0 Å². The molecule has 0 radical (unpaired) electrons. The Labute approximate surface area is 55.8 Å². The SMILES string of the molecule is C[C@@H]1CCC(C)(O)OC1. The lowest BCUT2D eigenvalue weighted by Gasteiger charge is -2.31. The van der Waals surface area contributed by atoms with Crippen molar-refractivity contribution in [1.29, 1.82) is 0 Å². The zero-order valence-electron chi connectivity index (χ0n) is 6.05. The van der Waals surface area contributed by atoms with E-state index in [-0.39, 0.29) is 0 Å². The molecule has 0 aliphatic carbocycles. The molecule has 9 heavy (non-hydrogen) atoms. The summed E-state index contributed by atoms with van der Waals surface area (Å²) >= 11 is 0. The molecule has 0 bridgehead atoms. The molecule has 0 amide bonds. The van der Waals surface area contributed by atoms with Crippen molar-refractivity contribution in [3.05, 3.63) is 0 Å². The standard InChI is InChI=1S/C7H14O2/c1-6-3-4-7(2,8)9-5-6/h6,8H,3-5H2,1-2H3/t6-,7?/m1/s1. The van der Waals surface area contributed by atoms with Gasteiger partial charge in [0.05, 0.1) is 6.61 Å². The van der Waals surface area contributed by atoms with Crippen molar-refractivity contribution in [2.24, 2.45) is 5.92 Å². The second-order valence-electron chi connectivity index (χ2n) is 3.13. The average molecular weight is 130 g/mol. The van der Waals surface area contributed by atoms with Crippen molar-refractivity contribution in [2.75, 3.05) is 6.61 Å². The lowest BCUT2D eigenvalue weighted by molar-refractivity contribution is -0.221. The molecule has 1 N–H and O–H groups in total. The number of aliphatic hydroxyl groups is 1. The van der Waals surface area contributed by atoms with E-state index in [9.17, 15) is 5.11 Å². The van der Waals surface area contributed by atoms with Gasteiger partial charge in [0.2, 0.25) is 0 Å². The Morgan fingerprint density at radius 3 is 2.67 bits per heavy atom. The number of ether oxygens (including phenoxy) is 1. The van der Waals surface area contributed by atoms with E-state index in [1.165, 1.54) is 0 Å². The lowest BCUT2D eigenvalue weighted by atomic mass is 9.99. The minimum Gasteiger partial charge on any atom is -0.366 e. The second kappa shape index (κ2) is 2.27. The topological polar surface area (TPSA) is 29.5 Å². The van der Waals surface area contributed by atoms with Crippen molar-refractivity contribution in [3.8, 4) is 0 Å². The summed E-state index contributed by atoms with van der Waals surface area (Å²) in [6.07, 6.45) is 1.85. The summed E-state index contributed by atoms with van der Waals surface area (Å²) < 4.78 is 5.13. The number of rotatable bonds is 0. The molecular weight excluding hydrogens is 116 g/mol. The summed E-state index contributed by atoms with van der Waals surface area (Å²) in [6.45, 7) is 4.56. The van der Waals surface area contributed by atoms with Crippen LogP contribution in [0.2, 0.25) is 0 Å². The largest absolute Gasteiger partial charge is 0.366 e. The zero-order chi connectivity index (χ0) is 6.91. The fourth-order valence-electron chi connectivity index (χ4n) is 0.992. The van der Waals surface area contributed by atoms with E-state index in [1.807, 2.05) is 0 Å². The van der Waals surface area contributed by atoms with Crippen molar-refractivity contribution >= 4 is 0 Å². The molecule has 1 aliphatic heterocycles. The Bertz CT molecular complexity index is 89.1. The molecule has 1 aliphatic rings. The highest BCUT2D eigenvalue weighted by molar-refractivity contribution is 4.68. The lowest BCUT2D eigenvalue weighted by Crippen LogP contribution is -2.35. The minimum atomic E-state index is -0.841. The van der Waals surface area contributed by atoms with Crippen LogP contribution in [0.4, 0.5) is 0 Å². The molecule has 0 saturated carbocycles. The van der Waals surface area contributed by atoms with Crippen LogP contribution < -0.4 is 0 Å². The van der Waals surface area contributed by atoms with Gasteiger partial charge in [0.15, 0.2) is 5.79 Å². The number of hydrogen-bond donors (Lipinski definition) is 1. The van der Waals surface area contributed by atoms with Gasteiger partial charge in [-0.3, -0.25) is 0 Å². The van der Waals surface area contributed by atoms with Gasteiger partial charge in [0, 0.05) is 6.42 Å². The number of hydrogen-bond acceptors (Lipinski definition) is 2. The highest BCUT2D eigenvalue weighted by Crippen LogP contribution is 2.24. The predicted molar refractivity (Wildman–Crippen MR) is 35.0 cm³/mol. The van der Waals surface area contributed by atoms with E-state index in [1.54, 1.807) is 6.92 Å². The van der Waals surface area contributed by atoms with E-state index in [4.69, 9.17) is 4.74 Å². The molecule has 2 atom stereocenters. The molecule has 1 heterocycles. The van der Waals surface area contributed by atoms with Crippen LogP contribution in [0, 0.1) is 5.92 Å². The van der Waals surface area contributed by atoms with Crippen molar-refractivity contribution in [3.63, 3.8) is 0 Å². The van der Waals surface area contributed by atoms with Gasteiger partial charge >= 0.3 is 0 Å². The van der Waals surface area contributed by atoms with E-state index in [0.29, 0.717) is 12.5 Å². The fraction of sp³-hybridized carbons (Fsp3) is 1.00. The first-order valence-corrected chi connectivity index (χ1v) is 3.46. The average Bonchev–Trinajstić information content (AvgIpc) is 1.78. The van der Waals surface area contributed by atoms with Gasteiger partial charge in [-0.1, -0.05) is 6.92 Å². The van der Waals surface area contributed by atoms with E-state index < -0.39 is 5.79 Å².